The average molecular weight is 337 g/mol. The fourth-order valence-electron chi connectivity index (χ4n) is 3.38. The molecule has 1 fully saturated rings. The fourth-order valence-corrected chi connectivity index (χ4v) is 3.38. The SMILES string of the molecule is O=C(CC(Cc1ccccc1)c1ccccc1)NC1CC(C(=O)O)C1. The Kier molecular flexibility index (Phi) is 5.49. The molecule has 1 aliphatic carbocycles. The van der Waals surface area contributed by atoms with E-state index in [2.05, 4.69) is 29.6 Å². The van der Waals surface area contributed by atoms with Gasteiger partial charge < -0.3 is 10.4 Å². The van der Waals surface area contributed by atoms with Gasteiger partial charge in [-0.25, -0.2) is 0 Å². The third-order valence-corrected chi connectivity index (χ3v) is 4.88. The summed E-state index contributed by atoms with van der Waals surface area (Å²) in [7, 11) is 0. The third-order valence-electron chi connectivity index (χ3n) is 4.88. The predicted molar refractivity (Wildman–Crippen MR) is 96.2 cm³/mol. The van der Waals surface area contributed by atoms with Crippen molar-refractivity contribution in [2.24, 2.45) is 5.92 Å². The lowest BCUT2D eigenvalue weighted by atomic mass is 9.80. The van der Waals surface area contributed by atoms with E-state index in [1.54, 1.807) is 0 Å². The summed E-state index contributed by atoms with van der Waals surface area (Å²) in [6, 6.07) is 20.3. The molecule has 25 heavy (non-hydrogen) atoms. The number of rotatable bonds is 7. The summed E-state index contributed by atoms with van der Waals surface area (Å²) in [5, 5.41) is 11.9. The van der Waals surface area contributed by atoms with Crippen molar-refractivity contribution < 1.29 is 14.7 Å². The molecule has 0 bridgehead atoms. The molecule has 2 aromatic carbocycles. The molecule has 4 heteroatoms. The molecule has 0 aliphatic heterocycles. The molecule has 2 N–H and O–H groups in total. The van der Waals surface area contributed by atoms with Crippen LogP contribution in [0.1, 0.15) is 36.3 Å². The molecule has 1 unspecified atom stereocenters. The number of carboxylic acids is 1. The third kappa shape index (κ3) is 4.69. The summed E-state index contributed by atoms with van der Waals surface area (Å²) in [6.07, 6.45) is 2.29. The monoisotopic (exact) mass is 337 g/mol. The highest BCUT2D eigenvalue weighted by molar-refractivity contribution is 5.78. The first-order valence-corrected chi connectivity index (χ1v) is 8.73. The lowest BCUT2D eigenvalue weighted by Crippen LogP contribution is -2.47. The van der Waals surface area contributed by atoms with E-state index in [1.807, 2.05) is 36.4 Å². The van der Waals surface area contributed by atoms with E-state index in [-0.39, 0.29) is 23.8 Å². The number of carbonyl (C=O) groups is 2. The maximum atomic E-state index is 12.4. The van der Waals surface area contributed by atoms with Crippen LogP contribution in [0.4, 0.5) is 0 Å². The van der Waals surface area contributed by atoms with Gasteiger partial charge in [-0.05, 0) is 36.3 Å². The van der Waals surface area contributed by atoms with Crippen molar-refractivity contribution >= 4 is 11.9 Å². The maximum Gasteiger partial charge on any atom is 0.306 e. The number of carboxylic acid groups (broad SMARTS) is 1. The smallest absolute Gasteiger partial charge is 0.306 e. The molecular formula is C21H23NO3. The first-order chi connectivity index (χ1) is 12.1. The van der Waals surface area contributed by atoms with Crippen LogP contribution >= 0.6 is 0 Å². The van der Waals surface area contributed by atoms with Crippen molar-refractivity contribution in [2.45, 2.75) is 37.6 Å². The molecule has 0 radical (unpaired) electrons. The minimum atomic E-state index is -0.767. The van der Waals surface area contributed by atoms with Crippen LogP contribution in [0, 0.1) is 5.92 Å². The summed E-state index contributed by atoms with van der Waals surface area (Å²) in [4.78, 5) is 23.3. The molecular weight excluding hydrogens is 314 g/mol. The summed E-state index contributed by atoms with van der Waals surface area (Å²) < 4.78 is 0. The number of aliphatic carboxylic acids is 1. The van der Waals surface area contributed by atoms with Crippen molar-refractivity contribution in [3.63, 3.8) is 0 Å². The van der Waals surface area contributed by atoms with Crippen LogP contribution < -0.4 is 5.32 Å². The van der Waals surface area contributed by atoms with E-state index in [9.17, 15) is 9.59 Å². The predicted octanol–water partition coefficient (Wildman–Crippen LogP) is 3.38. The van der Waals surface area contributed by atoms with Crippen LogP contribution in [0.15, 0.2) is 60.7 Å². The van der Waals surface area contributed by atoms with Crippen molar-refractivity contribution in [2.75, 3.05) is 0 Å². The molecule has 0 spiro atoms. The van der Waals surface area contributed by atoms with Crippen LogP contribution in [0.3, 0.4) is 0 Å². The van der Waals surface area contributed by atoms with Gasteiger partial charge in [-0.15, -0.1) is 0 Å². The Morgan fingerprint density at radius 2 is 1.60 bits per heavy atom. The van der Waals surface area contributed by atoms with Gasteiger partial charge in [-0.3, -0.25) is 9.59 Å². The molecule has 4 nitrogen and oxygen atoms in total. The average Bonchev–Trinajstić information content (AvgIpc) is 2.58. The van der Waals surface area contributed by atoms with Gasteiger partial charge in [-0.2, -0.15) is 0 Å². The Morgan fingerprint density at radius 3 is 2.20 bits per heavy atom. The molecule has 2 aromatic rings. The Morgan fingerprint density at radius 1 is 1.00 bits per heavy atom. The van der Waals surface area contributed by atoms with E-state index >= 15 is 0 Å². The quantitative estimate of drug-likeness (QED) is 0.814. The molecule has 1 saturated carbocycles. The van der Waals surface area contributed by atoms with E-state index in [0.29, 0.717) is 19.3 Å². The molecule has 1 amide bonds. The Balaban J connectivity index is 1.62. The normalized spacial score (nSPS) is 20.3. The van der Waals surface area contributed by atoms with Crippen molar-refractivity contribution in [1.82, 2.24) is 5.32 Å². The molecule has 130 valence electrons. The largest absolute Gasteiger partial charge is 0.481 e. The fraction of sp³-hybridized carbons (Fsp3) is 0.333. The number of carbonyl (C=O) groups excluding carboxylic acids is 1. The van der Waals surface area contributed by atoms with Crippen LogP contribution in [0.25, 0.3) is 0 Å². The Hall–Kier alpha value is -2.62. The molecule has 1 atom stereocenters. The van der Waals surface area contributed by atoms with Crippen molar-refractivity contribution in [1.29, 1.82) is 0 Å². The van der Waals surface area contributed by atoms with Gasteiger partial charge in [0.25, 0.3) is 0 Å². The van der Waals surface area contributed by atoms with Crippen molar-refractivity contribution in [3.8, 4) is 0 Å². The number of hydrogen-bond donors (Lipinski definition) is 2. The highest BCUT2D eigenvalue weighted by Gasteiger charge is 2.35. The first kappa shape index (κ1) is 17.2. The van der Waals surface area contributed by atoms with E-state index in [1.165, 1.54) is 5.56 Å². The van der Waals surface area contributed by atoms with Crippen LogP contribution in [-0.2, 0) is 16.0 Å². The molecule has 0 heterocycles. The van der Waals surface area contributed by atoms with E-state index < -0.39 is 5.97 Å². The number of nitrogens with one attached hydrogen (secondary N) is 1. The lowest BCUT2D eigenvalue weighted by molar-refractivity contribution is -0.146. The zero-order chi connectivity index (χ0) is 17.6. The van der Waals surface area contributed by atoms with Gasteiger partial charge in [0.2, 0.25) is 5.91 Å². The van der Waals surface area contributed by atoms with Gasteiger partial charge in [-0.1, -0.05) is 60.7 Å². The first-order valence-electron chi connectivity index (χ1n) is 8.73. The van der Waals surface area contributed by atoms with Crippen molar-refractivity contribution in [3.05, 3.63) is 71.8 Å². The zero-order valence-corrected chi connectivity index (χ0v) is 14.1. The van der Waals surface area contributed by atoms with E-state index in [0.717, 1.165) is 12.0 Å². The minimum absolute atomic E-state index is 0.00128. The van der Waals surface area contributed by atoms with Crippen LogP contribution in [0.2, 0.25) is 0 Å². The van der Waals surface area contributed by atoms with Gasteiger partial charge in [0.1, 0.15) is 0 Å². The number of benzene rings is 2. The van der Waals surface area contributed by atoms with Gasteiger partial charge in [0.05, 0.1) is 5.92 Å². The standard InChI is InChI=1S/C21H23NO3/c23-20(22-19-12-18(13-19)21(24)25)14-17(16-9-5-2-6-10-16)11-15-7-3-1-4-8-15/h1-10,17-19H,11-14H2,(H,22,23)(H,24,25). The van der Waals surface area contributed by atoms with Gasteiger partial charge in [0, 0.05) is 12.5 Å². The maximum absolute atomic E-state index is 12.4. The minimum Gasteiger partial charge on any atom is -0.481 e. The molecule has 0 saturated heterocycles. The summed E-state index contributed by atoms with van der Waals surface area (Å²) >= 11 is 0. The Labute approximate surface area is 147 Å². The molecule has 1 aliphatic rings. The second kappa shape index (κ2) is 7.97. The highest BCUT2D eigenvalue weighted by atomic mass is 16.4. The lowest BCUT2D eigenvalue weighted by Gasteiger charge is -2.33. The van der Waals surface area contributed by atoms with Crippen LogP contribution in [0.5, 0.6) is 0 Å². The van der Waals surface area contributed by atoms with E-state index in [4.69, 9.17) is 5.11 Å². The van der Waals surface area contributed by atoms with Crippen LogP contribution in [-0.4, -0.2) is 23.0 Å². The second-order valence-electron chi connectivity index (χ2n) is 6.77. The zero-order valence-electron chi connectivity index (χ0n) is 14.1. The topological polar surface area (TPSA) is 66.4 Å². The summed E-state index contributed by atoms with van der Waals surface area (Å²) in [5.41, 5.74) is 2.36. The van der Waals surface area contributed by atoms with Gasteiger partial charge in [0.15, 0.2) is 0 Å². The Bertz CT molecular complexity index is 708. The number of hydrogen-bond acceptors (Lipinski definition) is 2. The molecule has 0 aromatic heterocycles. The summed E-state index contributed by atoms with van der Waals surface area (Å²) in [5.74, 6) is -0.964. The summed E-state index contributed by atoms with van der Waals surface area (Å²) in [6.45, 7) is 0. The molecule has 3 rings (SSSR count). The highest BCUT2D eigenvalue weighted by Crippen LogP contribution is 2.29. The number of amides is 1. The van der Waals surface area contributed by atoms with Gasteiger partial charge >= 0.3 is 5.97 Å². The second-order valence-corrected chi connectivity index (χ2v) is 6.77.